The van der Waals surface area contributed by atoms with Crippen molar-refractivity contribution < 1.29 is 17.7 Å². The van der Waals surface area contributed by atoms with E-state index in [-0.39, 0.29) is 23.2 Å². The number of methoxy groups -OCH3 is 1. The number of aromatic nitrogens is 4. The van der Waals surface area contributed by atoms with Gasteiger partial charge in [0.05, 0.1) is 13.3 Å². The number of nitrogens with zero attached hydrogens (tertiary/aromatic N) is 5. The van der Waals surface area contributed by atoms with Crippen LogP contribution in [0.15, 0.2) is 18.3 Å². The molecule has 2 aliphatic heterocycles. The monoisotopic (exact) mass is 463 g/mol. The number of hydrogen-bond donors (Lipinski definition) is 2. The minimum atomic E-state index is -1.22. The smallest absolute Gasteiger partial charge is 0.203 e. The number of imidazole rings is 1. The summed E-state index contributed by atoms with van der Waals surface area (Å²) in [4.78, 5) is 8.54. The van der Waals surface area contributed by atoms with Gasteiger partial charge in [-0.05, 0) is 25.8 Å². The van der Waals surface area contributed by atoms with Crippen LogP contribution in [0.25, 0.3) is 17.0 Å². The first-order chi connectivity index (χ1) is 15.5. The largest absolute Gasteiger partial charge is 0.493 e. The highest BCUT2D eigenvalue weighted by Gasteiger charge is 2.27. The van der Waals surface area contributed by atoms with Gasteiger partial charge >= 0.3 is 0 Å². The highest BCUT2D eigenvalue weighted by atomic mass is 32.2. The molecule has 170 valence electrons. The van der Waals surface area contributed by atoms with Crippen molar-refractivity contribution in [1.82, 2.24) is 24.9 Å². The third kappa shape index (κ3) is 3.77. The van der Waals surface area contributed by atoms with Gasteiger partial charge in [0.25, 0.3) is 0 Å². The van der Waals surface area contributed by atoms with E-state index in [9.17, 15) is 13.0 Å². The van der Waals surface area contributed by atoms with Crippen LogP contribution in [0, 0.1) is 11.6 Å². The average Bonchev–Trinajstić information content (AvgIpc) is 3.41. The molecule has 0 spiro atoms. The number of nitrogens with one attached hydrogen (secondary N) is 2. The molecule has 32 heavy (non-hydrogen) atoms. The molecule has 2 unspecified atom stereocenters. The van der Waals surface area contributed by atoms with Crippen molar-refractivity contribution in [3.05, 3.63) is 30.0 Å². The van der Waals surface area contributed by atoms with Crippen molar-refractivity contribution >= 4 is 28.3 Å². The van der Waals surface area contributed by atoms with Gasteiger partial charge in [0.15, 0.2) is 28.8 Å². The molecule has 2 aliphatic rings. The molecule has 0 aliphatic carbocycles. The molecule has 3 aromatic rings. The van der Waals surface area contributed by atoms with Crippen LogP contribution in [0.4, 0.5) is 20.4 Å². The van der Waals surface area contributed by atoms with Crippen LogP contribution in [-0.2, 0) is 11.0 Å². The predicted octanol–water partition coefficient (Wildman–Crippen LogP) is 2.12. The molecular formula is C20H23F2N7O2S. The third-order valence-corrected chi connectivity index (χ3v) is 7.12. The molecule has 2 fully saturated rings. The molecular weight excluding hydrogens is 440 g/mol. The fourth-order valence-electron chi connectivity index (χ4n) is 4.04. The maximum atomic E-state index is 14.8. The summed E-state index contributed by atoms with van der Waals surface area (Å²) in [6.07, 6.45) is 4.04. The van der Waals surface area contributed by atoms with E-state index in [2.05, 4.69) is 25.7 Å². The van der Waals surface area contributed by atoms with Gasteiger partial charge in [-0.1, -0.05) is 0 Å². The normalized spacial score (nSPS) is 21.3. The molecule has 0 amide bonds. The summed E-state index contributed by atoms with van der Waals surface area (Å²) < 4.78 is 50.2. The lowest BCUT2D eigenvalue weighted by molar-refractivity contribution is 0.413. The Morgan fingerprint density at radius 1 is 1.28 bits per heavy atom. The van der Waals surface area contributed by atoms with E-state index < -0.39 is 22.6 Å². The summed E-state index contributed by atoms with van der Waals surface area (Å²) in [5, 5.41) is 10.9. The molecule has 2 atom stereocenters. The zero-order chi connectivity index (χ0) is 22.2. The van der Waals surface area contributed by atoms with Gasteiger partial charge in [0.2, 0.25) is 5.82 Å². The summed E-state index contributed by atoms with van der Waals surface area (Å²) >= 11 is 0. The topological polar surface area (TPSA) is 96.7 Å². The lowest BCUT2D eigenvalue weighted by Crippen LogP contribution is -2.38. The summed E-state index contributed by atoms with van der Waals surface area (Å²) in [5.74, 6) is -0.249. The summed E-state index contributed by atoms with van der Waals surface area (Å²) in [7, 11) is 0.280. The van der Waals surface area contributed by atoms with E-state index in [0.29, 0.717) is 36.1 Å². The molecule has 0 aromatic carbocycles. The van der Waals surface area contributed by atoms with Crippen molar-refractivity contribution in [2.24, 2.45) is 0 Å². The minimum Gasteiger partial charge on any atom is -0.493 e. The van der Waals surface area contributed by atoms with Crippen molar-refractivity contribution in [1.29, 1.82) is 0 Å². The van der Waals surface area contributed by atoms with E-state index in [1.165, 1.54) is 17.8 Å². The van der Waals surface area contributed by atoms with Crippen LogP contribution in [-0.4, -0.2) is 62.3 Å². The first-order valence-corrected chi connectivity index (χ1v) is 11.7. The van der Waals surface area contributed by atoms with E-state index >= 15 is 0 Å². The Morgan fingerprint density at radius 3 is 2.88 bits per heavy atom. The number of piperidine rings is 1. The molecule has 0 radical (unpaired) electrons. The number of anilines is 2. The fraction of sp³-hybridized carbons (Fsp3) is 0.450. The Hall–Kier alpha value is -2.86. The van der Waals surface area contributed by atoms with Crippen molar-refractivity contribution in [2.75, 3.05) is 42.1 Å². The lowest BCUT2D eigenvalue weighted by Gasteiger charge is -2.24. The number of halogens is 2. The molecule has 9 nitrogen and oxygen atoms in total. The quantitative estimate of drug-likeness (QED) is 0.598. The third-order valence-electron chi connectivity index (χ3n) is 5.63. The van der Waals surface area contributed by atoms with Crippen molar-refractivity contribution in [2.45, 2.75) is 25.3 Å². The second kappa shape index (κ2) is 8.58. The first-order valence-electron chi connectivity index (χ1n) is 10.5. The van der Waals surface area contributed by atoms with Crippen LogP contribution in [0.5, 0.6) is 5.75 Å². The Morgan fingerprint density at radius 2 is 2.16 bits per heavy atom. The minimum absolute atomic E-state index is 0.00498. The first kappa shape index (κ1) is 21.0. The lowest BCUT2D eigenvalue weighted by atomic mass is 10.1. The van der Waals surface area contributed by atoms with Gasteiger partial charge < -0.3 is 15.4 Å². The Labute approximate surface area is 185 Å². The molecule has 5 heterocycles. The van der Waals surface area contributed by atoms with Gasteiger partial charge in [-0.2, -0.15) is 0 Å². The zero-order valence-corrected chi connectivity index (χ0v) is 18.3. The highest BCUT2D eigenvalue weighted by molar-refractivity contribution is 7.86. The summed E-state index contributed by atoms with van der Waals surface area (Å²) in [6.45, 7) is 2.17. The fourth-order valence-corrected chi connectivity index (χ4v) is 5.28. The number of fused-ring (bicyclic) bond motifs is 1. The number of rotatable bonds is 5. The van der Waals surface area contributed by atoms with Gasteiger partial charge in [-0.25, -0.2) is 27.5 Å². The highest BCUT2D eigenvalue weighted by Crippen LogP contribution is 2.33. The van der Waals surface area contributed by atoms with Crippen molar-refractivity contribution in [3.63, 3.8) is 0 Å². The van der Waals surface area contributed by atoms with Crippen LogP contribution < -0.4 is 19.7 Å². The second-order valence-electron chi connectivity index (χ2n) is 7.77. The van der Waals surface area contributed by atoms with E-state index in [1.54, 1.807) is 10.4 Å². The summed E-state index contributed by atoms with van der Waals surface area (Å²) in [5.41, 5.74) is 0.592. The number of hydrogen-bond acceptors (Lipinski definition) is 7. The Balaban J connectivity index is 1.58. The standard InChI is InChI=1S/C20H23F2N7O2S/c1-31-16-9-17-24-11-15(29(17)27-20(16)28-6-3-7-32(28)30)18-13(21)8-14(22)19(26-18)25-12-4-2-5-23-10-12/h8-9,11-12,23H,2-7,10H2,1H3,(H,25,26). The molecule has 2 N–H and O–H groups in total. The predicted molar refractivity (Wildman–Crippen MR) is 117 cm³/mol. The SMILES string of the molecule is COc1cc2ncc(-c3nc(NC4CCCNC4)c(F)cc3F)n2nc1N1CCCS1=O. The Bertz CT molecular complexity index is 1180. The number of pyridine rings is 1. The average molecular weight is 464 g/mol. The molecule has 5 rings (SSSR count). The van der Waals surface area contributed by atoms with Crippen LogP contribution in [0.1, 0.15) is 19.3 Å². The summed E-state index contributed by atoms with van der Waals surface area (Å²) in [6, 6.07) is 2.47. The van der Waals surface area contributed by atoms with Crippen LogP contribution in [0.3, 0.4) is 0 Å². The van der Waals surface area contributed by atoms with Gasteiger partial charge in [-0.3, -0.25) is 4.31 Å². The maximum Gasteiger partial charge on any atom is 0.203 e. The molecule has 12 heteroatoms. The van der Waals surface area contributed by atoms with E-state index in [4.69, 9.17) is 4.74 Å². The Kier molecular flexibility index (Phi) is 5.64. The van der Waals surface area contributed by atoms with E-state index in [1.807, 2.05) is 0 Å². The second-order valence-corrected chi connectivity index (χ2v) is 9.26. The van der Waals surface area contributed by atoms with Crippen LogP contribution >= 0.6 is 0 Å². The molecule has 0 saturated carbocycles. The van der Waals surface area contributed by atoms with E-state index in [0.717, 1.165) is 31.9 Å². The van der Waals surface area contributed by atoms with Crippen molar-refractivity contribution in [3.8, 4) is 17.1 Å². The maximum absolute atomic E-state index is 14.8. The zero-order valence-electron chi connectivity index (χ0n) is 17.5. The molecule has 3 aromatic heterocycles. The molecule has 2 saturated heterocycles. The van der Waals surface area contributed by atoms with Gasteiger partial charge in [-0.15, -0.1) is 5.10 Å². The van der Waals surface area contributed by atoms with Gasteiger partial charge in [0, 0.05) is 37.0 Å². The van der Waals surface area contributed by atoms with Gasteiger partial charge in [0.1, 0.15) is 22.4 Å². The van der Waals surface area contributed by atoms with Crippen LogP contribution in [0.2, 0.25) is 0 Å². The molecule has 0 bridgehead atoms. The number of ether oxygens (including phenoxy) is 1.